The van der Waals surface area contributed by atoms with Gasteiger partial charge in [-0.05, 0) is 11.6 Å². The van der Waals surface area contributed by atoms with Crippen LogP contribution in [0.4, 0.5) is 5.13 Å². The van der Waals surface area contributed by atoms with Crippen LogP contribution in [0.15, 0.2) is 24.5 Å². The highest BCUT2D eigenvalue weighted by Crippen LogP contribution is 2.30. The minimum atomic E-state index is -0.129. The molecule has 2 aromatic heterocycles. The van der Waals surface area contributed by atoms with Gasteiger partial charge in [0.2, 0.25) is 0 Å². The second-order valence-electron chi connectivity index (χ2n) is 4.06. The molecule has 0 fully saturated rings. The topological polar surface area (TPSA) is 73.0 Å². The molecule has 0 aromatic carbocycles. The van der Waals surface area contributed by atoms with E-state index >= 15 is 0 Å². The van der Waals surface area contributed by atoms with Gasteiger partial charge in [-0.15, -0.1) is 0 Å². The van der Waals surface area contributed by atoms with Crippen LogP contribution < -0.4 is 4.90 Å². The maximum absolute atomic E-state index is 9.18. The lowest BCUT2D eigenvalue weighted by Crippen LogP contribution is -2.23. The molecular formula is C13H13ClN4OS. The summed E-state index contributed by atoms with van der Waals surface area (Å²) in [6, 6.07) is 5.96. The third-order valence-electron chi connectivity index (χ3n) is 2.64. The Labute approximate surface area is 126 Å². The van der Waals surface area contributed by atoms with Gasteiger partial charge in [-0.2, -0.15) is 5.26 Å². The fourth-order valence-electron chi connectivity index (χ4n) is 1.69. The summed E-state index contributed by atoms with van der Waals surface area (Å²) in [5.41, 5.74) is 1.03. The Balaban J connectivity index is 2.20. The van der Waals surface area contributed by atoms with Crippen molar-refractivity contribution in [2.45, 2.75) is 19.6 Å². The van der Waals surface area contributed by atoms with Crippen molar-refractivity contribution in [2.24, 2.45) is 0 Å². The van der Waals surface area contributed by atoms with E-state index in [2.05, 4.69) is 16.0 Å². The number of hydrogen-bond acceptors (Lipinski definition) is 6. The molecule has 0 aliphatic heterocycles. The van der Waals surface area contributed by atoms with Gasteiger partial charge >= 0.3 is 0 Å². The van der Waals surface area contributed by atoms with Gasteiger partial charge in [-0.1, -0.05) is 29.0 Å². The standard InChI is InChI=1S/C13H13ClN4OS/c14-12-11(9-19)20-13(17-12)18(6-2-4-15)8-10-3-1-5-16-7-10/h1,3,5,7,19H,2,6,8-9H2. The molecule has 1 N–H and O–H groups in total. The number of hydrogen-bond donors (Lipinski definition) is 1. The molecule has 0 aliphatic carbocycles. The number of rotatable bonds is 6. The van der Waals surface area contributed by atoms with Crippen LogP contribution in [0.25, 0.3) is 0 Å². The van der Waals surface area contributed by atoms with Crippen LogP contribution in [0.5, 0.6) is 0 Å². The van der Waals surface area contributed by atoms with Gasteiger partial charge in [0, 0.05) is 25.5 Å². The number of nitrogens with zero attached hydrogens (tertiary/aromatic N) is 4. The Bertz CT molecular complexity index is 596. The summed E-state index contributed by atoms with van der Waals surface area (Å²) in [6.07, 6.45) is 3.89. The highest BCUT2D eigenvalue weighted by Gasteiger charge is 2.15. The number of aromatic nitrogens is 2. The summed E-state index contributed by atoms with van der Waals surface area (Å²) < 4.78 is 0. The molecule has 5 nitrogen and oxygen atoms in total. The van der Waals surface area contributed by atoms with Gasteiger partial charge in [0.15, 0.2) is 5.13 Å². The monoisotopic (exact) mass is 308 g/mol. The Morgan fingerprint density at radius 1 is 1.50 bits per heavy atom. The summed E-state index contributed by atoms with van der Waals surface area (Å²) in [6.45, 7) is 1.03. The van der Waals surface area contributed by atoms with E-state index in [1.807, 2.05) is 17.0 Å². The smallest absolute Gasteiger partial charge is 0.187 e. The molecule has 0 saturated carbocycles. The summed E-state index contributed by atoms with van der Waals surface area (Å²) >= 11 is 7.30. The summed E-state index contributed by atoms with van der Waals surface area (Å²) in [4.78, 5) is 10.9. The number of aliphatic hydroxyl groups is 1. The summed E-state index contributed by atoms with van der Waals surface area (Å²) in [5, 5.41) is 19.0. The molecule has 0 radical (unpaired) electrons. The average Bonchev–Trinajstić information content (AvgIpc) is 2.85. The highest BCUT2D eigenvalue weighted by atomic mass is 35.5. The molecule has 0 spiro atoms. The molecule has 0 atom stereocenters. The Kier molecular flexibility index (Phi) is 5.30. The first-order chi connectivity index (χ1) is 9.74. The van der Waals surface area contributed by atoms with Crippen molar-refractivity contribution in [1.82, 2.24) is 9.97 Å². The lowest BCUT2D eigenvalue weighted by molar-refractivity contribution is 0.285. The van der Waals surface area contributed by atoms with Gasteiger partial charge < -0.3 is 10.0 Å². The molecule has 0 saturated heterocycles. The van der Waals surface area contributed by atoms with Gasteiger partial charge in [0.05, 0.1) is 24.0 Å². The zero-order valence-corrected chi connectivity index (χ0v) is 12.2. The van der Waals surface area contributed by atoms with Crippen LogP contribution in [0, 0.1) is 11.3 Å². The molecule has 2 aromatic rings. The van der Waals surface area contributed by atoms with Gasteiger partial charge in [-0.25, -0.2) is 4.98 Å². The first-order valence-corrected chi connectivity index (χ1v) is 7.21. The largest absolute Gasteiger partial charge is 0.391 e. The Morgan fingerprint density at radius 3 is 2.95 bits per heavy atom. The molecule has 0 amide bonds. The first-order valence-electron chi connectivity index (χ1n) is 6.01. The highest BCUT2D eigenvalue weighted by molar-refractivity contribution is 7.16. The molecular weight excluding hydrogens is 296 g/mol. The fraction of sp³-hybridized carbons (Fsp3) is 0.308. The molecule has 7 heteroatoms. The zero-order chi connectivity index (χ0) is 14.4. The lowest BCUT2D eigenvalue weighted by Gasteiger charge is -2.20. The van der Waals surface area contributed by atoms with Gasteiger partial charge in [-0.3, -0.25) is 4.98 Å². The molecule has 2 rings (SSSR count). The fourth-order valence-corrected chi connectivity index (χ4v) is 2.84. The van der Waals surface area contributed by atoms with Gasteiger partial charge in [0.25, 0.3) is 0 Å². The maximum atomic E-state index is 9.18. The third kappa shape index (κ3) is 3.67. The summed E-state index contributed by atoms with van der Waals surface area (Å²) in [5.74, 6) is 0. The Hall–Kier alpha value is -1.68. The minimum absolute atomic E-state index is 0.129. The number of halogens is 1. The zero-order valence-electron chi connectivity index (χ0n) is 10.7. The van der Waals surface area contributed by atoms with Crippen molar-refractivity contribution in [3.05, 3.63) is 40.1 Å². The van der Waals surface area contributed by atoms with Crippen LogP contribution in [0.1, 0.15) is 16.9 Å². The lowest BCUT2D eigenvalue weighted by atomic mass is 10.2. The normalized spacial score (nSPS) is 10.2. The van der Waals surface area contributed by atoms with Gasteiger partial charge in [0.1, 0.15) is 5.15 Å². The minimum Gasteiger partial charge on any atom is -0.391 e. The predicted molar refractivity (Wildman–Crippen MR) is 78.6 cm³/mol. The maximum Gasteiger partial charge on any atom is 0.187 e. The van der Waals surface area contributed by atoms with Crippen molar-refractivity contribution in [2.75, 3.05) is 11.4 Å². The second kappa shape index (κ2) is 7.20. The van der Waals surface area contributed by atoms with E-state index in [1.165, 1.54) is 11.3 Å². The van der Waals surface area contributed by atoms with E-state index in [9.17, 15) is 5.11 Å². The second-order valence-corrected chi connectivity index (χ2v) is 5.48. The van der Waals surface area contributed by atoms with E-state index in [-0.39, 0.29) is 6.61 Å². The molecule has 0 unspecified atom stereocenters. The third-order valence-corrected chi connectivity index (χ3v) is 4.17. The van der Waals surface area contributed by atoms with Crippen molar-refractivity contribution in [3.8, 4) is 6.07 Å². The van der Waals surface area contributed by atoms with Crippen molar-refractivity contribution in [3.63, 3.8) is 0 Å². The Morgan fingerprint density at radius 2 is 2.35 bits per heavy atom. The SMILES string of the molecule is N#CCCN(Cc1cccnc1)c1nc(Cl)c(CO)s1. The quantitative estimate of drug-likeness (QED) is 0.888. The van der Waals surface area contributed by atoms with E-state index in [1.54, 1.807) is 12.4 Å². The first kappa shape index (κ1) is 14.7. The van der Waals surface area contributed by atoms with E-state index in [0.29, 0.717) is 34.7 Å². The number of anilines is 1. The number of nitriles is 1. The number of pyridine rings is 1. The molecule has 104 valence electrons. The molecule has 20 heavy (non-hydrogen) atoms. The van der Waals surface area contributed by atoms with Crippen LogP contribution in [0.2, 0.25) is 5.15 Å². The van der Waals surface area contributed by atoms with Crippen molar-refractivity contribution < 1.29 is 5.11 Å². The molecule has 0 bridgehead atoms. The van der Waals surface area contributed by atoms with Crippen LogP contribution in [-0.2, 0) is 13.2 Å². The van der Waals surface area contributed by atoms with E-state index in [0.717, 1.165) is 5.56 Å². The summed E-state index contributed by atoms with van der Waals surface area (Å²) in [7, 11) is 0. The average molecular weight is 309 g/mol. The van der Waals surface area contributed by atoms with E-state index < -0.39 is 0 Å². The van der Waals surface area contributed by atoms with Crippen LogP contribution >= 0.6 is 22.9 Å². The van der Waals surface area contributed by atoms with Crippen molar-refractivity contribution >= 4 is 28.1 Å². The van der Waals surface area contributed by atoms with Crippen molar-refractivity contribution in [1.29, 1.82) is 5.26 Å². The van der Waals surface area contributed by atoms with Crippen LogP contribution in [0.3, 0.4) is 0 Å². The predicted octanol–water partition coefficient (Wildman–Crippen LogP) is 2.60. The molecule has 0 aliphatic rings. The number of thiazole rings is 1. The molecule has 2 heterocycles. The van der Waals surface area contributed by atoms with E-state index in [4.69, 9.17) is 16.9 Å². The van der Waals surface area contributed by atoms with Crippen LogP contribution in [-0.4, -0.2) is 21.6 Å². The number of aliphatic hydroxyl groups excluding tert-OH is 1.